The number of hydrogen-bond acceptors (Lipinski definition) is 3. The zero-order valence-electron chi connectivity index (χ0n) is 16.9. The third-order valence-electron chi connectivity index (χ3n) is 4.90. The number of carbonyl (C=O) groups is 1. The Morgan fingerprint density at radius 1 is 0.963 bits per heavy atom. The van der Waals surface area contributed by atoms with E-state index in [-0.39, 0.29) is 12.5 Å². The second-order valence-corrected chi connectivity index (χ2v) is 7.52. The second kappa shape index (κ2) is 15.6. The van der Waals surface area contributed by atoms with E-state index in [4.69, 9.17) is 9.84 Å². The summed E-state index contributed by atoms with van der Waals surface area (Å²) < 4.78 is 6.00. The average Bonchev–Trinajstić information content (AvgIpc) is 2.64. The summed E-state index contributed by atoms with van der Waals surface area (Å²) in [7, 11) is 0. The Morgan fingerprint density at radius 3 is 2.15 bits per heavy atom. The van der Waals surface area contributed by atoms with Crippen LogP contribution in [0.1, 0.15) is 89.5 Å². The minimum Gasteiger partial charge on any atom is -0.481 e. The summed E-state index contributed by atoms with van der Waals surface area (Å²) in [6.07, 6.45) is 11.5. The van der Waals surface area contributed by atoms with E-state index in [1.54, 1.807) is 0 Å². The highest BCUT2D eigenvalue weighted by molar-refractivity contribution is 5.67. The fraction of sp³-hybridized carbons (Fsp3) is 0.696. The van der Waals surface area contributed by atoms with Gasteiger partial charge in [0.25, 0.3) is 0 Å². The van der Waals surface area contributed by atoms with Gasteiger partial charge >= 0.3 is 5.97 Å². The van der Waals surface area contributed by atoms with Crippen molar-refractivity contribution < 1.29 is 19.7 Å². The summed E-state index contributed by atoms with van der Waals surface area (Å²) in [6.45, 7) is 2.74. The minimum atomic E-state index is -0.965. The van der Waals surface area contributed by atoms with Gasteiger partial charge < -0.3 is 14.9 Å². The van der Waals surface area contributed by atoms with E-state index in [1.165, 1.54) is 51.4 Å². The largest absolute Gasteiger partial charge is 0.481 e. The molecule has 0 amide bonds. The highest BCUT2D eigenvalue weighted by Crippen LogP contribution is 2.17. The number of carboxylic acids is 1. The minimum absolute atomic E-state index is 0.0934. The molecule has 0 aliphatic carbocycles. The molecule has 0 unspecified atom stereocenters. The van der Waals surface area contributed by atoms with Crippen LogP contribution in [0.4, 0.5) is 0 Å². The summed E-state index contributed by atoms with van der Waals surface area (Å²) in [5.74, 6) is -0.965. The third kappa shape index (κ3) is 13.4. The van der Waals surface area contributed by atoms with Gasteiger partial charge in [0.15, 0.2) is 0 Å². The predicted molar refractivity (Wildman–Crippen MR) is 110 cm³/mol. The van der Waals surface area contributed by atoms with E-state index in [9.17, 15) is 9.90 Å². The Morgan fingerprint density at radius 2 is 1.56 bits per heavy atom. The highest BCUT2D eigenvalue weighted by Gasteiger charge is 2.17. The van der Waals surface area contributed by atoms with E-state index in [1.807, 2.05) is 30.3 Å². The number of rotatable bonds is 17. The van der Waals surface area contributed by atoms with Crippen LogP contribution >= 0.6 is 0 Å². The fourth-order valence-corrected chi connectivity index (χ4v) is 3.33. The summed E-state index contributed by atoms with van der Waals surface area (Å²) in [5, 5.41) is 18.8. The number of carboxylic acid groups (broad SMARTS) is 1. The van der Waals surface area contributed by atoms with Gasteiger partial charge in [0.2, 0.25) is 0 Å². The molecule has 4 nitrogen and oxygen atoms in total. The van der Waals surface area contributed by atoms with Gasteiger partial charge in [-0.2, -0.15) is 0 Å². The summed E-state index contributed by atoms with van der Waals surface area (Å²) >= 11 is 0. The van der Waals surface area contributed by atoms with Gasteiger partial charge in [0.1, 0.15) is 0 Å². The Hall–Kier alpha value is -1.39. The van der Waals surface area contributed by atoms with Gasteiger partial charge in [-0.25, -0.2) is 0 Å². The number of aliphatic carboxylic acids is 1. The SMILES string of the molecule is CCCCCCCCCCC[C@@H](C[C@H](O)CC(=O)O)OCc1ccccc1. The molecule has 0 fully saturated rings. The molecule has 0 saturated carbocycles. The smallest absolute Gasteiger partial charge is 0.305 e. The van der Waals surface area contributed by atoms with E-state index < -0.39 is 12.1 Å². The van der Waals surface area contributed by atoms with Gasteiger partial charge in [-0.1, -0.05) is 95.0 Å². The predicted octanol–water partition coefficient (Wildman–Crippen LogP) is 5.72. The van der Waals surface area contributed by atoms with Gasteiger partial charge in [0.05, 0.1) is 25.2 Å². The van der Waals surface area contributed by atoms with Crippen molar-refractivity contribution in [2.75, 3.05) is 0 Å². The van der Waals surface area contributed by atoms with Crippen molar-refractivity contribution >= 4 is 5.97 Å². The Balaban J connectivity index is 2.27. The fourth-order valence-electron chi connectivity index (χ4n) is 3.33. The first-order chi connectivity index (χ1) is 13.1. The lowest BCUT2D eigenvalue weighted by Gasteiger charge is -2.20. The highest BCUT2D eigenvalue weighted by atomic mass is 16.5. The molecule has 0 aliphatic heterocycles. The monoisotopic (exact) mass is 378 g/mol. The van der Waals surface area contributed by atoms with Crippen molar-refractivity contribution in [3.8, 4) is 0 Å². The quantitative estimate of drug-likeness (QED) is 0.340. The topological polar surface area (TPSA) is 66.8 Å². The maximum absolute atomic E-state index is 10.8. The normalized spacial score (nSPS) is 13.4. The standard InChI is InChI=1S/C23H38O4/c1-2-3-4-5-6-7-8-9-13-16-22(17-21(24)18-23(25)26)27-19-20-14-11-10-12-15-20/h10-12,14-15,21-22,24H,2-9,13,16-19H2,1H3,(H,25,26)/t21-,22-/m0/s1. The average molecular weight is 379 g/mol. The summed E-state index contributed by atoms with van der Waals surface area (Å²) in [4.78, 5) is 10.8. The Bertz CT molecular complexity index is 475. The van der Waals surface area contributed by atoms with Crippen molar-refractivity contribution in [1.29, 1.82) is 0 Å². The maximum atomic E-state index is 10.8. The molecule has 0 spiro atoms. The van der Waals surface area contributed by atoms with Crippen molar-refractivity contribution in [2.24, 2.45) is 0 Å². The van der Waals surface area contributed by atoms with Crippen LogP contribution in [0.2, 0.25) is 0 Å². The van der Waals surface area contributed by atoms with Crippen LogP contribution in [-0.4, -0.2) is 28.4 Å². The number of ether oxygens (including phenoxy) is 1. The number of unbranched alkanes of at least 4 members (excludes halogenated alkanes) is 8. The third-order valence-corrected chi connectivity index (χ3v) is 4.90. The van der Waals surface area contributed by atoms with Gasteiger partial charge in [-0.05, 0) is 12.0 Å². The van der Waals surface area contributed by atoms with E-state index in [0.717, 1.165) is 18.4 Å². The molecule has 0 saturated heterocycles. The molecule has 1 rings (SSSR count). The number of aliphatic hydroxyl groups excluding tert-OH is 1. The molecule has 0 bridgehead atoms. The van der Waals surface area contributed by atoms with Gasteiger partial charge in [-0.15, -0.1) is 0 Å². The zero-order valence-corrected chi connectivity index (χ0v) is 16.9. The molecule has 0 radical (unpaired) electrons. The van der Waals surface area contributed by atoms with E-state index in [2.05, 4.69) is 6.92 Å². The second-order valence-electron chi connectivity index (χ2n) is 7.52. The molecule has 0 heterocycles. The zero-order chi connectivity index (χ0) is 19.7. The van der Waals surface area contributed by atoms with Gasteiger partial charge in [-0.3, -0.25) is 4.79 Å². The number of aliphatic hydroxyl groups is 1. The molecule has 0 aromatic heterocycles. The van der Waals surface area contributed by atoms with E-state index >= 15 is 0 Å². The molecule has 1 aromatic rings. The molecular weight excluding hydrogens is 340 g/mol. The molecular formula is C23H38O4. The molecule has 0 aliphatic rings. The first kappa shape index (κ1) is 23.6. The molecule has 2 atom stereocenters. The van der Waals surface area contributed by atoms with Crippen LogP contribution in [0.3, 0.4) is 0 Å². The summed E-state index contributed by atoms with van der Waals surface area (Å²) in [5.41, 5.74) is 1.10. The van der Waals surface area contributed by atoms with Gasteiger partial charge in [0, 0.05) is 6.42 Å². The Labute approximate surface area is 164 Å². The molecule has 154 valence electrons. The Kier molecular flexibility index (Phi) is 13.7. The van der Waals surface area contributed by atoms with Crippen molar-refractivity contribution in [3.05, 3.63) is 35.9 Å². The molecule has 4 heteroatoms. The molecule has 2 N–H and O–H groups in total. The lowest BCUT2D eigenvalue weighted by Crippen LogP contribution is -2.23. The first-order valence-electron chi connectivity index (χ1n) is 10.7. The van der Waals surface area contributed by atoms with Crippen LogP contribution in [0.5, 0.6) is 0 Å². The molecule has 27 heavy (non-hydrogen) atoms. The number of hydrogen-bond donors (Lipinski definition) is 2. The van der Waals surface area contributed by atoms with Crippen LogP contribution in [0.25, 0.3) is 0 Å². The van der Waals surface area contributed by atoms with Crippen LogP contribution in [0.15, 0.2) is 30.3 Å². The van der Waals surface area contributed by atoms with E-state index in [0.29, 0.717) is 13.0 Å². The van der Waals surface area contributed by atoms with Crippen molar-refractivity contribution in [1.82, 2.24) is 0 Å². The van der Waals surface area contributed by atoms with Crippen molar-refractivity contribution in [3.63, 3.8) is 0 Å². The lowest BCUT2D eigenvalue weighted by molar-refractivity contribution is -0.139. The van der Waals surface area contributed by atoms with Crippen molar-refractivity contribution in [2.45, 2.75) is 103 Å². The van der Waals surface area contributed by atoms with Crippen LogP contribution in [-0.2, 0) is 16.1 Å². The maximum Gasteiger partial charge on any atom is 0.305 e. The van der Waals surface area contributed by atoms with Crippen LogP contribution in [0, 0.1) is 0 Å². The number of benzene rings is 1. The first-order valence-corrected chi connectivity index (χ1v) is 10.7. The van der Waals surface area contributed by atoms with Crippen LogP contribution < -0.4 is 0 Å². The summed E-state index contributed by atoms with van der Waals surface area (Å²) in [6, 6.07) is 9.97. The molecule has 1 aromatic carbocycles. The lowest BCUT2D eigenvalue weighted by atomic mass is 10.0.